The molecule has 5 nitrogen and oxygen atoms in total. The first-order chi connectivity index (χ1) is 24.2. The molecule has 0 aromatic rings. The van der Waals surface area contributed by atoms with Crippen LogP contribution in [0.3, 0.4) is 0 Å². The molecule has 10 rings (SSSR count). The van der Waals surface area contributed by atoms with Crippen molar-refractivity contribution in [3.63, 3.8) is 0 Å². The molecule has 0 aromatic carbocycles. The highest BCUT2D eigenvalue weighted by Crippen LogP contribution is 2.74. The lowest BCUT2D eigenvalue weighted by Crippen LogP contribution is -2.55. The molecule has 9 aliphatic carbocycles. The smallest absolute Gasteiger partial charge is 0.312 e. The lowest BCUT2D eigenvalue weighted by Gasteiger charge is -2.61. The number of cyclic esters (lactones) is 1. The van der Waals surface area contributed by atoms with Crippen LogP contribution in [0.2, 0.25) is 0 Å². The maximum atomic E-state index is 12.9. The predicted molar refractivity (Wildman–Crippen MR) is 197 cm³/mol. The van der Waals surface area contributed by atoms with Crippen molar-refractivity contribution in [3.8, 4) is 0 Å². The van der Waals surface area contributed by atoms with E-state index >= 15 is 0 Å². The minimum absolute atomic E-state index is 0.0119. The van der Waals surface area contributed by atoms with Crippen LogP contribution in [-0.4, -0.2) is 29.9 Å². The van der Waals surface area contributed by atoms with E-state index in [0.29, 0.717) is 53.7 Å². The molecule has 7 saturated carbocycles. The molecule has 51 heavy (non-hydrogen) atoms. The van der Waals surface area contributed by atoms with Crippen molar-refractivity contribution in [2.75, 3.05) is 6.61 Å². The first kappa shape index (κ1) is 34.5. The van der Waals surface area contributed by atoms with Gasteiger partial charge in [-0.05, 0) is 172 Å². The van der Waals surface area contributed by atoms with Crippen molar-refractivity contribution in [1.29, 1.82) is 0 Å². The Balaban J connectivity index is 0.000000137. The molecular weight excluding hydrogens is 633 g/mol. The topological polar surface area (TPSA) is 77.5 Å². The highest BCUT2D eigenvalue weighted by atomic mass is 16.5. The third-order valence-electron chi connectivity index (χ3n) is 19.3. The van der Waals surface area contributed by atoms with E-state index in [1.54, 1.807) is 6.08 Å². The number of carbonyl (C=O) groups excluding carboxylic acids is 4. The lowest BCUT2D eigenvalue weighted by molar-refractivity contribution is -0.158. The summed E-state index contributed by atoms with van der Waals surface area (Å²) >= 11 is 0. The molecule has 0 N–H and O–H groups in total. The normalized spacial score (nSPS) is 52.1. The van der Waals surface area contributed by atoms with Gasteiger partial charge in [0.05, 0.1) is 12.0 Å². The summed E-state index contributed by atoms with van der Waals surface area (Å²) in [6, 6.07) is 0. The van der Waals surface area contributed by atoms with E-state index < -0.39 is 0 Å². The standard InChI is InChI=1S/C23H32O3.C23H30O2/c1-14-12-15-13-16(24)4-7-21(15,2)17-5-8-22(3)18(19(14)17)6-9-23(22)10-11-26-20(23)25;1-21-11-7-16(24)14-15(21)5-6-17-18(21)8-12-22(2)19(17)9-13-23(22)10-3-4-20(23)25/h13-14,17-19H,4-12H2,1-3H3;7,11,14,17-19H,3-6,8-10,12-13H2,1-2H3/t14-,17?,18?,19?,21?,22?,23+;17?,18?,19?,21?,22?,23-/m11/s1. The van der Waals surface area contributed by atoms with E-state index in [-0.39, 0.29) is 44.2 Å². The Bertz CT molecular complexity index is 1670. The van der Waals surface area contributed by atoms with Crippen LogP contribution in [0.1, 0.15) is 144 Å². The second-order valence-corrected chi connectivity index (χ2v) is 20.4. The molecule has 0 aromatic heterocycles. The Morgan fingerprint density at radius 3 is 2.10 bits per heavy atom. The lowest BCUT2D eigenvalue weighted by atomic mass is 9.43. The van der Waals surface area contributed by atoms with E-state index in [1.165, 1.54) is 49.7 Å². The number of rotatable bonds is 0. The van der Waals surface area contributed by atoms with Gasteiger partial charge in [0.2, 0.25) is 0 Å². The average molecular weight is 695 g/mol. The first-order valence-corrected chi connectivity index (χ1v) is 21.1. The molecular formula is C46H62O5. The van der Waals surface area contributed by atoms with Gasteiger partial charge < -0.3 is 4.74 Å². The molecule has 8 fully saturated rings. The molecule has 1 saturated heterocycles. The van der Waals surface area contributed by atoms with Gasteiger partial charge in [-0.15, -0.1) is 0 Å². The average Bonchev–Trinajstić information content (AvgIpc) is 3.84. The number of carbonyl (C=O) groups is 4. The fourth-order valence-electron chi connectivity index (χ4n) is 16.5. The minimum atomic E-state index is -0.206. The molecule has 276 valence electrons. The second-order valence-electron chi connectivity index (χ2n) is 20.4. The van der Waals surface area contributed by atoms with Gasteiger partial charge in [0.25, 0.3) is 0 Å². The van der Waals surface area contributed by atoms with E-state index in [0.717, 1.165) is 76.5 Å². The summed E-state index contributed by atoms with van der Waals surface area (Å²) in [6.07, 6.45) is 26.5. The second kappa shape index (κ2) is 11.4. The minimum Gasteiger partial charge on any atom is -0.465 e. The van der Waals surface area contributed by atoms with E-state index in [2.05, 4.69) is 40.7 Å². The Labute approximate surface area is 306 Å². The SMILES string of the molecule is CC12C=CC(=O)C=C1CCC1C2CCC2(C)C1CC[C@@]21CCCC1=O.C[C@@H]1CC2=CC(=O)CCC2(C)C2CCC3(C)C(CC[C@@]34CCOC4=O)C21. The molecule has 1 aliphatic heterocycles. The zero-order valence-corrected chi connectivity index (χ0v) is 32.1. The van der Waals surface area contributed by atoms with Gasteiger partial charge >= 0.3 is 5.97 Å². The molecule has 13 atom stereocenters. The number of ether oxygens (including phenoxy) is 1. The third-order valence-corrected chi connectivity index (χ3v) is 19.3. The predicted octanol–water partition coefficient (Wildman–Crippen LogP) is 9.73. The molecule has 1 heterocycles. The number of Topliss-reactive ketones (excluding diaryl/α,β-unsaturated/α-hetero) is 1. The van der Waals surface area contributed by atoms with E-state index in [1.807, 2.05) is 12.2 Å². The number of hydrogen-bond donors (Lipinski definition) is 0. The van der Waals surface area contributed by atoms with Crippen molar-refractivity contribution >= 4 is 23.3 Å². The van der Waals surface area contributed by atoms with Crippen molar-refractivity contribution in [2.24, 2.45) is 73.9 Å². The highest BCUT2D eigenvalue weighted by molar-refractivity contribution is 6.01. The number of esters is 1. The molecule has 0 bridgehead atoms. The fraction of sp³-hybridized carbons (Fsp3) is 0.783. The maximum Gasteiger partial charge on any atom is 0.312 e. The van der Waals surface area contributed by atoms with Gasteiger partial charge in [0, 0.05) is 23.7 Å². The quantitative estimate of drug-likeness (QED) is 0.236. The van der Waals surface area contributed by atoms with Crippen LogP contribution in [0.4, 0.5) is 0 Å². The Kier molecular flexibility index (Phi) is 7.68. The van der Waals surface area contributed by atoms with Crippen LogP contribution in [0, 0.1) is 73.9 Å². The number of ketones is 3. The Morgan fingerprint density at radius 1 is 0.667 bits per heavy atom. The van der Waals surface area contributed by atoms with Crippen molar-refractivity contribution in [1.82, 2.24) is 0 Å². The van der Waals surface area contributed by atoms with E-state index in [9.17, 15) is 19.2 Å². The summed E-state index contributed by atoms with van der Waals surface area (Å²) in [5, 5.41) is 0. The van der Waals surface area contributed by atoms with Gasteiger partial charge in [-0.2, -0.15) is 0 Å². The number of allylic oxidation sites excluding steroid dienone is 5. The zero-order chi connectivity index (χ0) is 35.8. The molecule has 2 spiro atoms. The Morgan fingerprint density at radius 2 is 1.37 bits per heavy atom. The molecule has 10 unspecified atom stereocenters. The zero-order valence-electron chi connectivity index (χ0n) is 32.1. The van der Waals surface area contributed by atoms with Crippen molar-refractivity contribution in [2.45, 2.75) is 144 Å². The summed E-state index contributed by atoms with van der Waals surface area (Å²) in [7, 11) is 0. The summed E-state index contributed by atoms with van der Waals surface area (Å²) in [6.45, 7) is 12.7. The molecule has 10 aliphatic rings. The molecule has 5 heteroatoms. The van der Waals surface area contributed by atoms with Crippen LogP contribution < -0.4 is 0 Å². The number of hydrogen-bond acceptors (Lipinski definition) is 5. The highest BCUT2D eigenvalue weighted by Gasteiger charge is 2.70. The first-order valence-electron chi connectivity index (χ1n) is 21.1. The third kappa shape index (κ3) is 4.39. The van der Waals surface area contributed by atoms with Crippen LogP contribution in [-0.2, 0) is 23.9 Å². The van der Waals surface area contributed by atoms with Crippen LogP contribution in [0.15, 0.2) is 35.5 Å². The summed E-state index contributed by atoms with van der Waals surface area (Å²) < 4.78 is 5.50. The van der Waals surface area contributed by atoms with Gasteiger partial charge in [0.1, 0.15) is 5.78 Å². The van der Waals surface area contributed by atoms with Crippen LogP contribution in [0.25, 0.3) is 0 Å². The Hall–Kier alpha value is -2.30. The summed E-state index contributed by atoms with van der Waals surface area (Å²) in [5.41, 5.74) is 3.23. The molecule has 0 radical (unpaired) electrons. The van der Waals surface area contributed by atoms with Gasteiger partial charge in [-0.25, -0.2) is 0 Å². The number of fused-ring (bicyclic) bond motifs is 12. The van der Waals surface area contributed by atoms with Crippen molar-refractivity contribution in [3.05, 3.63) is 35.5 Å². The maximum absolute atomic E-state index is 12.9. The fourth-order valence-corrected chi connectivity index (χ4v) is 16.5. The van der Waals surface area contributed by atoms with Gasteiger partial charge in [0.15, 0.2) is 11.6 Å². The summed E-state index contributed by atoms with van der Waals surface area (Å²) in [5.74, 6) is 5.89. The monoisotopic (exact) mass is 694 g/mol. The van der Waals surface area contributed by atoms with Crippen molar-refractivity contribution < 1.29 is 23.9 Å². The van der Waals surface area contributed by atoms with Crippen LogP contribution in [0.5, 0.6) is 0 Å². The van der Waals surface area contributed by atoms with Gasteiger partial charge in [-0.1, -0.05) is 51.8 Å². The largest absolute Gasteiger partial charge is 0.465 e. The van der Waals surface area contributed by atoms with E-state index in [4.69, 9.17) is 4.74 Å². The summed E-state index contributed by atoms with van der Waals surface area (Å²) in [4.78, 5) is 49.5. The van der Waals surface area contributed by atoms with Gasteiger partial charge in [-0.3, -0.25) is 19.2 Å². The molecule has 0 amide bonds. The van der Waals surface area contributed by atoms with Crippen LogP contribution >= 0.6 is 0 Å².